The highest BCUT2D eigenvalue weighted by molar-refractivity contribution is 7.89. The highest BCUT2D eigenvalue weighted by Gasteiger charge is 2.25. The van der Waals surface area contributed by atoms with Crippen molar-refractivity contribution < 1.29 is 13.5 Å². The molecule has 4 nitrogen and oxygen atoms in total. The SMILES string of the molecule is C=C/C(=C\C=C/C)N(CC(C)C)S(=O)(=O)c1ccc(O)cc1. The molecular formula is C17H23NO3S. The molecule has 0 spiro atoms. The number of aromatic hydroxyl groups is 1. The molecule has 1 N–H and O–H groups in total. The number of rotatable bonds is 7. The number of allylic oxidation sites excluding steroid dienone is 4. The molecule has 0 radical (unpaired) electrons. The summed E-state index contributed by atoms with van der Waals surface area (Å²) in [5.41, 5.74) is 0.514. The van der Waals surface area contributed by atoms with E-state index in [2.05, 4.69) is 6.58 Å². The molecule has 0 aliphatic rings. The Morgan fingerprint density at radius 1 is 1.32 bits per heavy atom. The quantitative estimate of drug-likeness (QED) is 0.779. The monoisotopic (exact) mass is 321 g/mol. The van der Waals surface area contributed by atoms with Crippen LogP contribution in [0.5, 0.6) is 5.75 Å². The maximum Gasteiger partial charge on any atom is 0.264 e. The molecule has 5 heteroatoms. The molecule has 0 heterocycles. The van der Waals surface area contributed by atoms with Gasteiger partial charge in [0.15, 0.2) is 0 Å². The summed E-state index contributed by atoms with van der Waals surface area (Å²) in [6.07, 6.45) is 6.84. The zero-order valence-corrected chi connectivity index (χ0v) is 14.0. The second-order valence-electron chi connectivity index (χ2n) is 5.25. The van der Waals surface area contributed by atoms with Crippen molar-refractivity contribution in [2.45, 2.75) is 25.7 Å². The van der Waals surface area contributed by atoms with Crippen LogP contribution in [-0.4, -0.2) is 24.4 Å². The third-order valence-electron chi connectivity index (χ3n) is 2.91. The molecule has 0 saturated carbocycles. The second-order valence-corrected chi connectivity index (χ2v) is 7.11. The van der Waals surface area contributed by atoms with Gasteiger partial charge in [-0.1, -0.05) is 32.6 Å². The van der Waals surface area contributed by atoms with Gasteiger partial charge in [-0.05, 0) is 49.3 Å². The molecule has 120 valence electrons. The topological polar surface area (TPSA) is 57.6 Å². The highest BCUT2D eigenvalue weighted by atomic mass is 32.2. The molecule has 0 amide bonds. The van der Waals surface area contributed by atoms with E-state index in [1.54, 1.807) is 12.2 Å². The fourth-order valence-corrected chi connectivity index (χ4v) is 3.51. The molecule has 0 saturated heterocycles. The number of benzene rings is 1. The van der Waals surface area contributed by atoms with E-state index in [1.165, 1.54) is 34.6 Å². The number of phenols is 1. The maximum atomic E-state index is 12.9. The number of hydrogen-bond acceptors (Lipinski definition) is 3. The van der Waals surface area contributed by atoms with Crippen molar-refractivity contribution in [2.75, 3.05) is 6.54 Å². The summed E-state index contributed by atoms with van der Waals surface area (Å²) in [7, 11) is -3.71. The predicted molar refractivity (Wildman–Crippen MR) is 89.9 cm³/mol. The lowest BCUT2D eigenvalue weighted by molar-refractivity contribution is 0.429. The minimum Gasteiger partial charge on any atom is -0.508 e. The first-order chi connectivity index (χ1) is 10.3. The summed E-state index contributed by atoms with van der Waals surface area (Å²) in [5.74, 6) is 0.184. The van der Waals surface area contributed by atoms with E-state index >= 15 is 0 Å². The van der Waals surface area contributed by atoms with E-state index in [0.717, 1.165) is 0 Å². The van der Waals surface area contributed by atoms with Crippen LogP contribution in [-0.2, 0) is 10.0 Å². The summed E-state index contributed by atoms with van der Waals surface area (Å²) in [6.45, 7) is 9.83. The lowest BCUT2D eigenvalue weighted by Crippen LogP contribution is -2.33. The Morgan fingerprint density at radius 3 is 2.36 bits per heavy atom. The summed E-state index contributed by atoms with van der Waals surface area (Å²) >= 11 is 0. The molecule has 0 aliphatic carbocycles. The van der Waals surface area contributed by atoms with Crippen LogP contribution in [0.3, 0.4) is 0 Å². The van der Waals surface area contributed by atoms with Gasteiger partial charge in [0.05, 0.1) is 10.6 Å². The number of hydrogen-bond donors (Lipinski definition) is 1. The average Bonchev–Trinajstić information content (AvgIpc) is 2.46. The molecule has 1 aromatic carbocycles. The van der Waals surface area contributed by atoms with E-state index in [0.29, 0.717) is 12.2 Å². The highest BCUT2D eigenvalue weighted by Crippen LogP contribution is 2.24. The molecule has 0 unspecified atom stereocenters. The summed E-state index contributed by atoms with van der Waals surface area (Å²) in [5, 5.41) is 9.33. The molecule has 22 heavy (non-hydrogen) atoms. The summed E-state index contributed by atoms with van der Waals surface area (Å²) in [6, 6.07) is 5.52. The van der Waals surface area contributed by atoms with Crippen molar-refractivity contribution in [1.29, 1.82) is 0 Å². The van der Waals surface area contributed by atoms with E-state index in [1.807, 2.05) is 26.8 Å². The molecule has 0 fully saturated rings. The zero-order chi connectivity index (χ0) is 16.8. The van der Waals surface area contributed by atoms with Gasteiger partial charge in [-0.2, -0.15) is 0 Å². The second kappa shape index (κ2) is 7.84. The Kier molecular flexibility index (Phi) is 6.43. The minimum atomic E-state index is -3.71. The lowest BCUT2D eigenvalue weighted by Gasteiger charge is -2.27. The molecule has 1 aromatic rings. The van der Waals surface area contributed by atoms with Crippen LogP contribution in [0.2, 0.25) is 0 Å². The fraction of sp³-hybridized carbons (Fsp3) is 0.294. The largest absolute Gasteiger partial charge is 0.508 e. The van der Waals surface area contributed by atoms with Crippen LogP contribution in [0, 0.1) is 5.92 Å². The lowest BCUT2D eigenvalue weighted by atomic mass is 10.2. The van der Waals surface area contributed by atoms with Gasteiger partial charge in [0.1, 0.15) is 5.75 Å². The molecule has 0 atom stereocenters. The predicted octanol–water partition coefficient (Wildman–Crippen LogP) is 3.68. The Morgan fingerprint density at radius 2 is 1.91 bits per heavy atom. The molecule has 0 bridgehead atoms. The molecular weight excluding hydrogens is 298 g/mol. The van der Waals surface area contributed by atoms with Crippen molar-refractivity contribution in [3.05, 3.63) is 60.8 Å². The maximum absolute atomic E-state index is 12.9. The van der Waals surface area contributed by atoms with E-state index in [-0.39, 0.29) is 16.6 Å². The van der Waals surface area contributed by atoms with Crippen molar-refractivity contribution in [2.24, 2.45) is 5.92 Å². The first-order valence-corrected chi connectivity index (χ1v) is 8.54. The summed E-state index contributed by atoms with van der Waals surface area (Å²) < 4.78 is 27.1. The van der Waals surface area contributed by atoms with Gasteiger partial charge in [-0.15, -0.1) is 0 Å². The zero-order valence-electron chi connectivity index (χ0n) is 13.2. The van der Waals surface area contributed by atoms with Crippen LogP contribution < -0.4 is 0 Å². The number of sulfonamides is 1. The summed E-state index contributed by atoms with van der Waals surface area (Å²) in [4.78, 5) is 0.138. The third-order valence-corrected chi connectivity index (χ3v) is 4.72. The van der Waals surface area contributed by atoms with Gasteiger partial charge < -0.3 is 5.11 Å². The minimum absolute atomic E-state index is 0.0303. The van der Waals surface area contributed by atoms with Gasteiger partial charge >= 0.3 is 0 Å². The van der Waals surface area contributed by atoms with Crippen molar-refractivity contribution in [3.8, 4) is 5.75 Å². The van der Waals surface area contributed by atoms with Crippen LogP contribution in [0.1, 0.15) is 20.8 Å². The Balaban J connectivity index is 3.36. The Hall–Kier alpha value is -2.01. The van der Waals surface area contributed by atoms with Crippen LogP contribution in [0.4, 0.5) is 0 Å². The van der Waals surface area contributed by atoms with Crippen LogP contribution in [0.25, 0.3) is 0 Å². The van der Waals surface area contributed by atoms with E-state index < -0.39 is 10.0 Å². The number of phenolic OH excluding ortho intramolecular Hbond substituents is 1. The van der Waals surface area contributed by atoms with Crippen LogP contribution in [0.15, 0.2) is 65.7 Å². The fourth-order valence-electron chi connectivity index (χ4n) is 1.87. The van der Waals surface area contributed by atoms with E-state index in [4.69, 9.17) is 0 Å². The van der Waals surface area contributed by atoms with Crippen molar-refractivity contribution in [3.63, 3.8) is 0 Å². The number of nitrogens with zero attached hydrogens (tertiary/aromatic N) is 1. The normalized spacial score (nSPS) is 12.8. The smallest absolute Gasteiger partial charge is 0.264 e. The first kappa shape index (κ1) is 18.0. The van der Waals surface area contributed by atoms with Gasteiger partial charge in [0, 0.05) is 6.54 Å². The van der Waals surface area contributed by atoms with E-state index in [9.17, 15) is 13.5 Å². The molecule has 0 aromatic heterocycles. The van der Waals surface area contributed by atoms with Crippen molar-refractivity contribution in [1.82, 2.24) is 4.31 Å². The average molecular weight is 321 g/mol. The van der Waals surface area contributed by atoms with Gasteiger partial charge in [-0.25, -0.2) is 8.42 Å². The Bertz CT molecular complexity index is 656. The molecule has 1 rings (SSSR count). The molecule has 0 aliphatic heterocycles. The van der Waals surface area contributed by atoms with Crippen molar-refractivity contribution >= 4 is 10.0 Å². The standard InChI is InChI=1S/C17H23NO3S/c1-5-7-8-15(6-2)18(13-14(3)4)22(20,21)17-11-9-16(19)10-12-17/h5-12,14,19H,2,13H2,1,3-4H3/b7-5-,15-8+. The van der Waals surface area contributed by atoms with Gasteiger partial charge in [0.25, 0.3) is 10.0 Å². The van der Waals surface area contributed by atoms with Gasteiger partial charge in [-0.3, -0.25) is 4.31 Å². The first-order valence-electron chi connectivity index (χ1n) is 7.10. The third kappa shape index (κ3) is 4.49. The van der Waals surface area contributed by atoms with Crippen LogP contribution >= 0.6 is 0 Å². The van der Waals surface area contributed by atoms with Gasteiger partial charge in [0.2, 0.25) is 0 Å². The Labute approximate surface area is 133 Å².